The lowest BCUT2D eigenvalue weighted by Gasteiger charge is -2.02. The van der Waals surface area contributed by atoms with Gasteiger partial charge in [-0.1, -0.05) is 0 Å². The first kappa shape index (κ1) is 3.83. The summed E-state index contributed by atoms with van der Waals surface area (Å²) in [6.07, 6.45) is 2.92. The third-order valence-corrected chi connectivity index (χ3v) is 1.03. The van der Waals surface area contributed by atoms with Crippen LogP contribution < -0.4 is 0 Å². The van der Waals surface area contributed by atoms with Crippen molar-refractivity contribution in [2.45, 2.75) is 0 Å². The van der Waals surface area contributed by atoms with Crippen molar-refractivity contribution in [1.29, 1.82) is 0 Å². The van der Waals surface area contributed by atoms with Crippen LogP contribution in [-0.4, -0.2) is 13.1 Å². The fourth-order valence-corrected chi connectivity index (χ4v) is 0.380. The Morgan fingerprint density at radius 2 is 2.17 bits per heavy atom. The molecule has 34 valence electrons. The van der Waals surface area contributed by atoms with Gasteiger partial charge in [0.25, 0.3) is 0 Å². The molecule has 0 bridgehead atoms. The van der Waals surface area contributed by atoms with Crippen molar-refractivity contribution in [3.8, 4) is 0 Å². The van der Waals surface area contributed by atoms with E-state index in [-0.39, 0.29) is 0 Å². The molecular weight excluding hydrogens is 102 g/mol. The minimum atomic E-state index is -2.03. The highest BCUT2D eigenvalue weighted by Crippen LogP contribution is 2.06. The molecule has 0 aliphatic carbocycles. The van der Waals surface area contributed by atoms with Gasteiger partial charge in [-0.05, 0) is 0 Å². The zero-order valence-corrected chi connectivity index (χ0v) is 3.64. The van der Waals surface area contributed by atoms with E-state index in [9.17, 15) is 8.76 Å². The zero-order valence-electron chi connectivity index (χ0n) is 2.83. The summed E-state index contributed by atoms with van der Waals surface area (Å²) in [6, 6.07) is 0. The molecule has 0 saturated carbocycles. The Labute approximate surface area is 37.7 Å². The predicted molar refractivity (Wildman–Crippen MR) is 19.9 cm³/mol. The van der Waals surface area contributed by atoms with Gasteiger partial charge in [0.15, 0.2) is 0 Å². The van der Waals surface area contributed by atoms with Crippen molar-refractivity contribution in [2.75, 3.05) is 0 Å². The molecule has 3 nitrogen and oxygen atoms in total. The average molecular weight is 104 g/mol. The lowest BCUT2D eigenvalue weighted by molar-refractivity contribution is 0.510. The molecule has 4 heteroatoms. The number of rotatable bonds is 1. The van der Waals surface area contributed by atoms with Crippen molar-refractivity contribution in [2.24, 2.45) is 0 Å². The van der Waals surface area contributed by atoms with E-state index in [1.807, 2.05) is 0 Å². The van der Waals surface area contributed by atoms with Crippen LogP contribution in [0.5, 0.6) is 0 Å². The first-order valence-corrected chi connectivity index (χ1v) is 2.40. The second kappa shape index (κ2) is 1.06. The van der Waals surface area contributed by atoms with Crippen molar-refractivity contribution in [1.82, 2.24) is 4.31 Å². The summed E-state index contributed by atoms with van der Waals surface area (Å²) in [5.41, 5.74) is 0. The molecule has 1 heterocycles. The highest BCUT2D eigenvalue weighted by atomic mass is 32.2. The van der Waals surface area contributed by atoms with E-state index < -0.39 is 11.3 Å². The number of nitrogens with zero attached hydrogens (tertiary/aromatic N) is 1. The van der Waals surface area contributed by atoms with Crippen molar-refractivity contribution < 1.29 is 8.76 Å². The van der Waals surface area contributed by atoms with Crippen LogP contribution in [0.1, 0.15) is 0 Å². The third-order valence-electron chi connectivity index (χ3n) is 0.443. The summed E-state index contributed by atoms with van der Waals surface area (Å²) in [7, 11) is 0. The fourth-order valence-electron chi connectivity index (χ4n) is 0.127. The van der Waals surface area contributed by atoms with E-state index in [1.54, 1.807) is 0 Å². The molecule has 0 amide bonds. The van der Waals surface area contributed by atoms with Gasteiger partial charge in [-0.25, -0.2) is 0 Å². The van der Waals surface area contributed by atoms with Crippen molar-refractivity contribution in [3.05, 3.63) is 12.4 Å². The van der Waals surface area contributed by atoms with Gasteiger partial charge in [0.05, 0.1) is 11.3 Å². The molecule has 1 rings (SSSR count). The summed E-state index contributed by atoms with van der Waals surface area (Å²) in [4.78, 5) is 0. The molecule has 0 saturated heterocycles. The summed E-state index contributed by atoms with van der Waals surface area (Å²) in [6.45, 7) is 0. The quantitative estimate of drug-likeness (QED) is 0.423. The maximum Gasteiger partial charge on any atom is 0.0513 e. The maximum atomic E-state index is 9.62. The highest BCUT2D eigenvalue weighted by molar-refractivity contribution is 7.77. The molecule has 0 fully saturated rings. The molecule has 1 unspecified atom stereocenters. The van der Waals surface area contributed by atoms with E-state index in [1.165, 1.54) is 12.4 Å². The number of hydrogen-bond donors (Lipinski definition) is 0. The van der Waals surface area contributed by atoms with Gasteiger partial charge in [-0.15, -0.1) is 0 Å². The van der Waals surface area contributed by atoms with Crippen LogP contribution in [0, 0.1) is 0 Å². The highest BCUT2D eigenvalue weighted by Gasteiger charge is 2.02. The summed E-state index contributed by atoms with van der Waals surface area (Å²) in [5.74, 6) is 0. The minimum absolute atomic E-state index is 1.08. The monoisotopic (exact) mass is 104 g/mol. The van der Waals surface area contributed by atoms with Gasteiger partial charge < -0.3 is 4.55 Å². The standard InChI is InChI=1S/C2H3NO2S/c4-6(5)3-1-2-3/h1-2H,(H,4,5)/p-1. The van der Waals surface area contributed by atoms with E-state index in [0.29, 0.717) is 0 Å². The van der Waals surface area contributed by atoms with Crippen molar-refractivity contribution in [3.63, 3.8) is 0 Å². The van der Waals surface area contributed by atoms with Crippen molar-refractivity contribution >= 4 is 11.3 Å². The third kappa shape index (κ3) is 0.580. The van der Waals surface area contributed by atoms with E-state index in [2.05, 4.69) is 0 Å². The molecular formula is C2H2NO2S-. The van der Waals surface area contributed by atoms with Crippen LogP contribution in [0.3, 0.4) is 0 Å². The topological polar surface area (TPSA) is 43.1 Å². The Kier molecular flexibility index (Phi) is 0.675. The van der Waals surface area contributed by atoms with Crippen LogP contribution >= 0.6 is 0 Å². The Morgan fingerprint density at radius 3 is 2.17 bits per heavy atom. The second-order valence-electron chi connectivity index (χ2n) is 0.875. The first-order chi connectivity index (χ1) is 2.80. The van der Waals surface area contributed by atoms with Crippen LogP contribution in [0.2, 0.25) is 0 Å². The Bertz CT molecular complexity index is 104. The maximum absolute atomic E-state index is 9.62. The van der Waals surface area contributed by atoms with Crippen LogP contribution in [-0.2, 0) is 11.3 Å². The molecule has 0 N–H and O–H groups in total. The first-order valence-electron chi connectivity index (χ1n) is 1.37. The Balaban J connectivity index is 2.35. The van der Waals surface area contributed by atoms with Gasteiger partial charge in [-0.3, -0.25) is 8.51 Å². The van der Waals surface area contributed by atoms with Gasteiger partial charge in [0.1, 0.15) is 0 Å². The molecule has 0 aromatic carbocycles. The minimum Gasteiger partial charge on any atom is -0.755 e. The van der Waals surface area contributed by atoms with E-state index in [0.717, 1.165) is 4.31 Å². The molecule has 0 aromatic rings. The second-order valence-corrected chi connectivity index (χ2v) is 1.73. The molecule has 1 aliphatic heterocycles. The van der Waals surface area contributed by atoms with Gasteiger partial charge >= 0.3 is 0 Å². The van der Waals surface area contributed by atoms with Gasteiger partial charge in [-0.2, -0.15) is 0 Å². The smallest absolute Gasteiger partial charge is 0.0513 e. The Morgan fingerprint density at radius 1 is 1.67 bits per heavy atom. The van der Waals surface area contributed by atoms with Gasteiger partial charge in [0, 0.05) is 12.4 Å². The van der Waals surface area contributed by atoms with Gasteiger partial charge in [0.2, 0.25) is 0 Å². The molecule has 0 aromatic heterocycles. The molecule has 0 spiro atoms. The van der Waals surface area contributed by atoms with Crippen LogP contribution in [0.15, 0.2) is 12.4 Å². The summed E-state index contributed by atoms with van der Waals surface area (Å²) in [5, 5.41) is 0. The van der Waals surface area contributed by atoms with E-state index in [4.69, 9.17) is 0 Å². The predicted octanol–water partition coefficient (Wildman–Crippen LogP) is -0.433. The summed E-state index contributed by atoms with van der Waals surface area (Å²) >= 11 is -2.03. The molecule has 1 atom stereocenters. The lowest BCUT2D eigenvalue weighted by atomic mass is 11.3. The average Bonchev–Trinajstić information content (AvgIpc) is 2.06. The van der Waals surface area contributed by atoms with Crippen LogP contribution in [0.25, 0.3) is 0 Å². The van der Waals surface area contributed by atoms with Crippen LogP contribution in [0.4, 0.5) is 0 Å². The summed E-state index contributed by atoms with van der Waals surface area (Å²) < 4.78 is 20.3. The molecule has 1 aliphatic rings. The van der Waals surface area contributed by atoms with E-state index >= 15 is 0 Å². The zero-order chi connectivity index (χ0) is 4.57. The normalized spacial score (nSPS) is 21.2. The number of hydrogen-bond acceptors (Lipinski definition) is 2. The Hall–Kier alpha value is -0.350. The molecule has 0 radical (unpaired) electrons. The SMILES string of the molecule is O=S([O-])N1C=C1. The lowest BCUT2D eigenvalue weighted by Crippen LogP contribution is -1.97. The molecule has 6 heavy (non-hydrogen) atoms. The fraction of sp³-hybridized carbons (Fsp3) is 0. The largest absolute Gasteiger partial charge is 0.755 e.